The normalized spacial score (nSPS) is 20.8. The molecule has 1 saturated heterocycles. The number of halogens is 1. The Kier molecular flexibility index (Phi) is 5.23. The Morgan fingerprint density at radius 3 is 3.00 bits per heavy atom. The highest BCUT2D eigenvalue weighted by Crippen LogP contribution is 2.17. The summed E-state index contributed by atoms with van der Waals surface area (Å²) < 4.78 is 0. The van der Waals surface area contributed by atoms with Crippen molar-refractivity contribution >= 4 is 17.5 Å². The van der Waals surface area contributed by atoms with Gasteiger partial charge in [0.1, 0.15) is 0 Å². The summed E-state index contributed by atoms with van der Waals surface area (Å²) in [5, 5.41) is 7.12. The average molecular weight is 281 g/mol. The van der Waals surface area contributed by atoms with E-state index in [1.165, 1.54) is 12.8 Å². The Bertz CT molecular complexity index is 430. The van der Waals surface area contributed by atoms with Crippen LogP contribution in [-0.4, -0.2) is 25.0 Å². The second kappa shape index (κ2) is 6.92. The predicted octanol–water partition coefficient (Wildman–Crippen LogP) is 2.39. The van der Waals surface area contributed by atoms with Gasteiger partial charge in [-0.2, -0.15) is 0 Å². The third-order valence-corrected chi connectivity index (χ3v) is 4.11. The van der Waals surface area contributed by atoms with Crippen molar-refractivity contribution in [1.82, 2.24) is 10.6 Å². The fraction of sp³-hybridized carbons (Fsp3) is 0.533. The van der Waals surface area contributed by atoms with Crippen molar-refractivity contribution in [2.75, 3.05) is 13.1 Å². The standard InChI is InChI=1S/C15H21ClN2O/c1-11(13-6-4-8-17-10-13)18-15(19)9-12-5-2-3-7-14(12)16/h2-3,5,7,11,13,17H,4,6,8-10H2,1H3,(H,18,19). The molecule has 3 nitrogen and oxygen atoms in total. The Hall–Kier alpha value is -1.06. The van der Waals surface area contributed by atoms with Gasteiger partial charge in [0.15, 0.2) is 0 Å². The summed E-state index contributed by atoms with van der Waals surface area (Å²) in [7, 11) is 0. The van der Waals surface area contributed by atoms with Gasteiger partial charge in [-0.25, -0.2) is 0 Å². The van der Waals surface area contributed by atoms with Crippen molar-refractivity contribution in [2.45, 2.75) is 32.2 Å². The van der Waals surface area contributed by atoms with Gasteiger partial charge in [0.2, 0.25) is 5.91 Å². The molecular formula is C15H21ClN2O. The lowest BCUT2D eigenvalue weighted by Crippen LogP contribution is -2.45. The topological polar surface area (TPSA) is 41.1 Å². The molecule has 1 aromatic rings. The Morgan fingerprint density at radius 2 is 2.32 bits per heavy atom. The Labute approximate surface area is 119 Å². The number of amides is 1. The van der Waals surface area contributed by atoms with E-state index in [0.717, 1.165) is 18.7 Å². The van der Waals surface area contributed by atoms with Crippen molar-refractivity contribution in [2.24, 2.45) is 5.92 Å². The van der Waals surface area contributed by atoms with E-state index in [-0.39, 0.29) is 11.9 Å². The number of carbonyl (C=O) groups excluding carboxylic acids is 1. The number of hydrogen-bond acceptors (Lipinski definition) is 2. The van der Waals surface area contributed by atoms with Crippen LogP contribution in [0.2, 0.25) is 5.02 Å². The second-order valence-corrected chi connectivity index (χ2v) is 5.64. The zero-order valence-corrected chi connectivity index (χ0v) is 12.0. The minimum absolute atomic E-state index is 0.0474. The summed E-state index contributed by atoms with van der Waals surface area (Å²) in [6, 6.07) is 7.71. The summed E-state index contributed by atoms with van der Waals surface area (Å²) in [4.78, 5) is 12.0. The molecular weight excluding hydrogens is 260 g/mol. The molecule has 2 N–H and O–H groups in total. The minimum Gasteiger partial charge on any atom is -0.353 e. The smallest absolute Gasteiger partial charge is 0.224 e. The van der Waals surface area contributed by atoms with Crippen LogP contribution in [0.25, 0.3) is 0 Å². The monoisotopic (exact) mass is 280 g/mol. The molecule has 2 unspecified atom stereocenters. The van der Waals surface area contributed by atoms with Crippen LogP contribution < -0.4 is 10.6 Å². The zero-order chi connectivity index (χ0) is 13.7. The van der Waals surface area contributed by atoms with Crippen LogP contribution in [0.3, 0.4) is 0 Å². The molecule has 0 saturated carbocycles. The van der Waals surface area contributed by atoms with Gasteiger partial charge in [0, 0.05) is 11.1 Å². The lowest BCUT2D eigenvalue weighted by atomic mass is 9.92. The molecule has 0 bridgehead atoms. The minimum atomic E-state index is 0.0474. The summed E-state index contributed by atoms with van der Waals surface area (Å²) in [6.45, 7) is 4.17. The Morgan fingerprint density at radius 1 is 1.53 bits per heavy atom. The molecule has 2 atom stereocenters. The first kappa shape index (κ1) is 14.4. The van der Waals surface area contributed by atoms with Crippen LogP contribution in [0, 0.1) is 5.92 Å². The molecule has 0 spiro atoms. The highest BCUT2D eigenvalue weighted by molar-refractivity contribution is 6.31. The molecule has 0 radical (unpaired) electrons. The lowest BCUT2D eigenvalue weighted by Gasteiger charge is -2.29. The highest BCUT2D eigenvalue weighted by Gasteiger charge is 2.21. The first-order valence-electron chi connectivity index (χ1n) is 6.90. The second-order valence-electron chi connectivity index (χ2n) is 5.23. The molecule has 1 aliphatic rings. The summed E-state index contributed by atoms with van der Waals surface area (Å²) >= 11 is 6.06. The van der Waals surface area contributed by atoms with E-state index in [2.05, 4.69) is 17.6 Å². The largest absolute Gasteiger partial charge is 0.353 e. The van der Waals surface area contributed by atoms with Gasteiger partial charge in [-0.15, -0.1) is 0 Å². The fourth-order valence-corrected chi connectivity index (χ4v) is 2.75. The average Bonchev–Trinajstić information content (AvgIpc) is 2.42. The molecule has 4 heteroatoms. The molecule has 1 aromatic carbocycles. The van der Waals surface area contributed by atoms with Gasteiger partial charge in [-0.1, -0.05) is 29.8 Å². The van der Waals surface area contributed by atoms with E-state index in [1.807, 2.05) is 24.3 Å². The molecule has 104 valence electrons. The van der Waals surface area contributed by atoms with Gasteiger partial charge in [-0.3, -0.25) is 4.79 Å². The van der Waals surface area contributed by atoms with E-state index >= 15 is 0 Å². The van der Waals surface area contributed by atoms with Crippen LogP contribution in [0.1, 0.15) is 25.3 Å². The predicted molar refractivity (Wildman–Crippen MR) is 78.4 cm³/mol. The van der Waals surface area contributed by atoms with E-state index < -0.39 is 0 Å². The van der Waals surface area contributed by atoms with Gasteiger partial charge in [-0.05, 0) is 50.4 Å². The van der Waals surface area contributed by atoms with Crippen LogP contribution >= 0.6 is 11.6 Å². The van der Waals surface area contributed by atoms with E-state index in [9.17, 15) is 4.79 Å². The maximum atomic E-state index is 12.0. The molecule has 2 rings (SSSR count). The van der Waals surface area contributed by atoms with Crippen molar-refractivity contribution in [3.05, 3.63) is 34.9 Å². The van der Waals surface area contributed by atoms with Crippen molar-refractivity contribution in [1.29, 1.82) is 0 Å². The van der Waals surface area contributed by atoms with E-state index in [4.69, 9.17) is 11.6 Å². The highest BCUT2D eigenvalue weighted by atomic mass is 35.5. The maximum absolute atomic E-state index is 12.0. The maximum Gasteiger partial charge on any atom is 0.224 e. The number of carbonyl (C=O) groups is 1. The molecule has 1 heterocycles. The summed E-state index contributed by atoms with van der Waals surface area (Å²) in [5.74, 6) is 0.579. The van der Waals surface area contributed by atoms with Crippen LogP contribution in [-0.2, 0) is 11.2 Å². The number of piperidine rings is 1. The van der Waals surface area contributed by atoms with Crippen molar-refractivity contribution in [3.8, 4) is 0 Å². The van der Waals surface area contributed by atoms with Crippen LogP contribution in [0.4, 0.5) is 0 Å². The lowest BCUT2D eigenvalue weighted by molar-refractivity contribution is -0.121. The molecule has 19 heavy (non-hydrogen) atoms. The first-order chi connectivity index (χ1) is 9.16. The van der Waals surface area contributed by atoms with Crippen LogP contribution in [0.15, 0.2) is 24.3 Å². The number of benzene rings is 1. The Balaban J connectivity index is 1.85. The molecule has 1 aliphatic heterocycles. The first-order valence-corrected chi connectivity index (χ1v) is 7.28. The number of nitrogens with one attached hydrogen (secondary N) is 2. The summed E-state index contributed by atoms with van der Waals surface area (Å²) in [5.41, 5.74) is 0.885. The van der Waals surface area contributed by atoms with Gasteiger partial charge in [0.25, 0.3) is 0 Å². The van der Waals surface area contributed by atoms with Crippen molar-refractivity contribution < 1.29 is 4.79 Å². The van der Waals surface area contributed by atoms with Crippen LogP contribution in [0.5, 0.6) is 0 Å². The summed E-state index contributed by atoms with van der Waals surface area (Å²) in [6.07, 6.45) is 2.72. The molecule has 1 fully saturated rings. The molecule has 1 amide bonds. The molecule has 0 aliphatic carbocycles. The van der Waals surface area contributed by atoms with E-state index in [0.29, 0.717) is 17.4 Å². The third-order valence-electron chi connectivity index (χ3n) is 3.74. The fourth-order valence-electron chi connectivity index (χ4n) is 2.54. The van der Waals surface area contributed by atoms with E-state index in [1.54, 1.807) is 0 Å². The number of hydrogen-bond donors (Lipinski definition) is 2. The van der Waals surface area contributed by atoms with Crippen molar-refractivity contribution in [3.63, 3.8) is 0 Å². The van der Waals surface area contributed by atoms with Gasteiger partial charge in [0.05, 0.1) is 6.42 Å². The number of rotatable bonds is 4. The quantitative estimate of drug-likeness (QED) is 0.889. The molecule has 0 aromatic heterocycles. The third kappa shape index (κ3) is 4.22. The zero-order valence-electron chi connectivity index (χ0n) is 11.3. The van der Waals surface area contributed by atoms with Gasteiger partial charge < -0.3 is 10.6 Å². The van der Waals surface area contributed by atoms with Gasteiger partial charge >= 0.3 is 0 Å². The SMILES string of the molecule is CC(NC(=O)Cc1ccccc1Cl)C1CCCNC1.